The van der Waals surface area contributed by atoms with Crippen molar-refractivity contribution in [1.29, 1.82) is 0 Å². The standard InChI is InChI=1S/C11H20N2O3/c1-11(10(16)12-2)5-6-13(8-11)9(15)4-3-7-14/h14H,3-8H2,1-2H3,(H,12,16). The minimum atomic E-state index is -0.455. The second kappa shape index (κ2) is 5.30. The molecule has 0 aliphatic carbocycles. The minimum absolute atomic E-state index is 0.00930. The Morgan fingerprint density at radius 3 is 2.75 bits per heavy atom. The van der Waals surface area contributed by atoms with Crippen LogP contribution in [0, 0.1) is 5.41 Å². The first-order valence-corrected chi connectivity index (χ1v) is 5.64. The van der Waals surface area contributed by atoms with Gasteiger partial charge in [0.15, 0.2) is 0 Å². The first-order valence-electron chi connectivity index (χ1n) is 5.64. The number of rotatable bonds is 4. The van der Waals surface area contributed by atoms with Gasteiger partial charge in [-0.05, 0) is 19.8 Å². The van der Waals surface area contributed by atoms with Gasteiger partial charge in [-0.3, -0.25) is 9.59 Å². The Kier molecular flexibility index (Phi) is 4.29. The van der Waals surface area contributed by atoms with Crippen molar-refractivity contribution in [2.24, 2.45) is 5.41 Å². The molecule has 2 amide bonds. The summed E-state index contributed by atoms with van der Waals surface area (Å²) < 4.78 is 0. The van der Waals surface area contributed by atoms with E-state index in [9.17, 15) is 9.59 Å². The Bertz CT molecular complexity index is 280. The summed E-state index contributed by atoms with van der Waals surface area (Å²) in [5.74, 6) is 0.0200. The molecule has 0 bridgehead atoms. The van der Waals surface area contributed by atoms with Gasteiger partial charge in [-0.15, -0.1) is 0 Å². The van der Waals surface area contributed by atoms with Crippen LogP contribution in [-0.2, 0) is 9.59 Å². The molecule has 0 aromatic carbocycles. The van der Waals surface area contributed by atoms with Crippen LogP contribution in [0.15, 0.2) is 0 Å². The molecule has 2 N–H and O–H groups in total. The van der Waals surface area contributed by atoms with Gasteiger partial charge in [0, 0.05) is 33.2 Å². The summed E-state index contributed by atoms with van der Waals surface area (Å²) in [5, 5.41) is 11.3. The highest BCUT2D eigenvalue weighted by Gasteiger charge is 2.41. The van der Waals surface area contributed by atoms with Crippen molar-refractivity contribution < 1.29 is 14.7 Å². The molecule has 92 valence electrons. The molecule has 1 unspecified atom stereocenters. The maximum atomic E-state index is 11.7. The lowest BCUT2D eigenvalue weighted by Crippen LogP contribution is -2.40. The maximum Gasteiger partial charge on any atom is 0.227 e. The molecule has 1 heterocycles. The number of aliphatic hydroxyl groups excluding tert-OH is 1. The third-order valence-electron chi connectivity index (χ3n) is 3.15. The van der Waals surface area contributed by atoms with Gasteiger partial charge >= 0.3 is 0 Å². The zero-order valence-electron chi connectivity index (χ0n) is 9.95. The third-order valence-corrected chi connectivity index (χ3v) is 3.15. The summed E-state index contributed by atoms with van der Waals surface area (Å²) in [6.45, 7) is 3.03. The lowest BCUT2D eigenvalue weighted by atomic mass is 9.89. The second-order valence-electron chi connectivity index (χ2n) is 4.53. The maximum absolute atomic E-state index is 11.7. The van der Waals surface area contributed by atoms with Gasteiger partial charge in [-0.2, -0.15) is 0 Å². The van der Waals surface area contributed by atoms with Crippen LogP contribution >= 0.6 is 0 Å². The molecule has 1 aliphatic heterocycles. The summed E-state index contributed by atoms with van der Waals surface area (Å²) in [7, 11) is 1.61. The Hall–Kier alpha value is -1.10. The highest BCUT2D eigenvalue weighted by atomic mass is 16.3. The highest BCUT2D eigenvalue weighted by Crippen LogP contribution is 2.30. The molecule has 0 aromatic heterocycles. The normalized spacial score (nSPS) is 24.6. The van der Waals surface area contributed by atoms with Crippen LogP contribution in [0.2, 0.25) is 0 Å². The molecule has 1 rings (SSSR count). The number of aliphatic hydroxyl groups is 1. The monoisotopic (exact) mass is 228 g/mol. The van der Waals surface area contributed by atoms with Crippen molar-refractivity contribution in [1.82, 2.24) is 10.2 Å². The molecule has 1 saturated heterocycles. The molecule has 5 heteroatoms. The van der Waals surface area contributed by atoms with E-state index in [-0.39, 0.29) is 18.4 Å². The van der Waals surface area contributed by atoms with Crippen LogP contribution in [-0.4, -0.2) is 48.6 Å². The topological polar surface area (TPSA) is 69.6 Å². The smallest absolute Gasteiger partial charge is 0.227 e. The summed E-state index contributed by atoms with van der Waals surface area (Å²) in [6.07, 6.45) is 1.56. The molecule has 5 nitrogen and oxygen atoms in total. The van der Waals surface area contributed by atoms with Gasteiger partial charge < -0.3 is 15.3 Å². The van der Waals surface area contributed by atoms with Gasteiger partial charge in [0.25, 0.3) is 0 Å². The average Bonchev–Trinajstić information content (AvgIpc) is 2.69. The zero-order chi connectivity index (χ0) is 12.2. The molecule has 16 heavy (non-hydrogen) atoms. The van der Waals surface area contributed by atoms with E-state index >= 15 is 0 Å². The Morgan fingerprint density at radius 2 is 2.19 bits per heavy atom. The van der Waals surface area contributed by atoms with Crippen LogP contribution in [0.25, 0.3) is 0 Å². The predicted octanol–water partition coefficient (Wildman–Crippen LogP) is -0.257. The van der Waals surface area contributed by atoms with E-state index in [0.717, 1.165) is 0 Å². The van der Waals surface area contributed by atoms with Gasteiger partial charge in [-0.1, -0.05) is 0 Å². The van der Waals surface area contributed by atoms with Crippen LogP contribution < -0.4 is 5.32 Å². The third kappa shape index (κ3) is 2.72. The van der Waals surface area contributed by atoms with Crippen molar-refractivity contribution in [2.75, 3.05) is 26.7 Å². The average molecular weight is 228 g/mol. The van der Waals surface area contributed by atoms with Crippen LogP contribution in [0.5, 0.6) is 0 Å². The quantitative estimate of drug-likeness (QED) is 0.696. The largest absolute Gasteiger partial charge is 0.396 e. The fourth-order valence-electron chi connectivity index (χ4n) is 2.05. The van der Waals surface area contributed by atoms with Crippen molar-refractivity contribution in [3.8, 4) is 0 Å². The van der Waals surface area contributed by atoms with E-state index in [1.54, 1.807) is 11.9 Å². The van der Waals surface area contributed by atoms with Gasteiger partial charge in [0.2, 0.25) is 11.8 Å². The summed E-state index contributed by atoms with van der Waals surface area (Å²) in [5.41, 5.74) is -0.455. The van der Waals surface area contributed by atoms with Crippen molar-refractivity contribution in [3.05, 3.63) is 0 Å². The second-order valence-corrected chi connectivity index (χ2v) is 4.53. The fraction of sp³-hybridized carbons (Fsp3) is 0.818. The number of carbonyl (C=O) groups excluding carboxylic acids is 2. The van der Waals surface area contributed by atoms with Crippen molar-refractivity contribution in [3.63, 3.8) is 0 Å². The number of hydrogen-bond donors (Lipinski definition) is 2. The molecule has 1 aliphatic rings. The number of likely N-dealkylation sites (tertiary alicyclic amines) is 1. The summed E-state index contributed by atoms with van der Waals surface area (Å²) in [4.78, 5) is 25.0. The molecular weight excluding hydrogens is 208 g/mol. The van der Waals surface area contributed by atoms with Gasteiger partial charge in [0.1, 0.15) is 0 Å². The molecule has 0 spiro atoms. The van der Waals surface area contributed by atoms with E-state index < -0.39 is 5.41 Å². The van der Waals surface area contributed by atoms with Gasteiger partial charge in [-0.25, -0.2) is 0 Å². The fourth-order valence-corrected chi connectivity index (χ4v) is 2.05. The minimum Gasteiger partial charge on any atom is -0.396 e. The molecule has 0 radical (unpaired) electrons. The molecular formula is C11H20N2O3. The first-order chi connectivity index (χ1) is 7.53. The van der Waals surface area contributed by atoms with E-state index in [1.807, 2.05) is 6.92 Å². The van der Waals surface area contributed by atoms with Crippen molar-refractivity contribution >= 4 is 11.8 Å². The Morgan fingerprint density at radius 1 is 1.50 bits per heavy atom. The van der Waals surface area contributed by atoms with Crippen molar-refractivity contribution in [2.45, 2.75) is 26.2 Å². The SMILES string of the molecule is CNC(=O)C1(C)CCN(C(=O)CCCO)C1. The Balaban J connectivity index is 2.51. The number of nitrogens with zero attached hydrogens (tertiary/aromatic N) is 1. The lowest BCUT2D eigenvalue weighted by Gasteiger charge is -2.22. The van der Waals surface area contributed by atoms with E-state index in [4.69, 9.17) is 5.11 Å². The highest BCUT2D eigenvalue weighted by molar-refractivity contribution is 5.84. The Labute approximate surface area is 95.8 Å². The molecule has 1 atom stereocenters. The predicted molar refractivity (Wildman–Crippen MR) is 59.7 cm³/mol. The van der Waals surface area contributed by atoms with Crippen LogP contribution in [0.3, 0.4) is 0 Å². The first kappa shape index (κ1) is 13.0. The number of amides is 2. The van der Waals surface area contributed by atoms with E-state index in [0.29, 0.717) is 32.4 Å². The molecule has 0 aromatic rings. The van der Waals surface area contributed by atoms with E-state index in [1.165, 1.54) is 0 Å². The van der Waals surface area contributed by atoms with Gasteiger partial charge in [0.05, 0.1) is 5.41 Å². The zero-order valence-corrected chi connectivity index (χ0v) is 9.95. The lowest BCUT2D eigenvalue weighted by molar-refractivity contribution is -0.132. The molecule has 1 fully saturated rings. The number of hydrogen-bond acceptors (Lipinski definition) is 3. The summed E-state index contributed by atoms with van der Waals surface area (Å²) >= 11 is 0. The van der Waals surface area contributed by atoms with E-state index in [2.05, 4.69) is 5.32 Å². The molecule has 0 saturated carbocycles. The number of carbonyl (C=O) groups is 2. The van der Waals surface area contributed by atoms with Crippen LogP contribution in [0.1, 0.15) is 26.2 Å². The van der Waals surface area contributed by atoms with Crippen LogP contribution in [0.4, 0.5) is 0 Å². The number of nitrogens with one attached hydrogen (secondary N) is 1. The summed E-state index contributed by atoms with van der Waals surface area (Å²) in [6, 6.07) is 0.